The first-order valence-electron chi connectivity index (χ1n) is 4.61. The minimum Gasteiger partial charge on any atom is -0.320 e. The minimum absolute atomic E-state index is 0.0146. The van der Waals surface area contributed by atoms with E-state index in [2.05, 4.69) is 0 Å². The van der Waals surface area contributed by atoms with Crippen molar-refractivity contribution in [2.75, 3.05) is 11.4 Å². The molecule has 0 saturated carbocycles. The van der Waals surface area contributed by atoms with E-state index in [0.29, 0.717) is 18.7 Å². The van der Waals surface area contributed by atoms with Crippen LogP contribution in [0.1, 0.15) is 6.42 Å². The predicted octanol–water partition coefficient (Wildman–Crippen LogP) is 1.54. The van der Waals surface area contributed by atoms with Gasteiger partial charge < -0.3 is 10.6 Å². The molecule has 2 rings (SSSR count). The van der Waals surface area contributed by atoms with Gasteiger partial charge in [-0.2, -0.15) is 0 Å². The van der Waals surface area contributed by atoms with Crippen LogP contribution in [0.5, 0.6) is 0 Å². The quantitative estimate of drug-likeness (QED) is 0.793. The summed E-state index contributed by atoms with van der Waals surface area (Å²) in [6.45, 7) is 0.558. The topological polar surface area (TPSA) is 46.3 Å². The largest absolute Gasteiger partial charge is 0.320 e. The van der Waals surface area contributed by atoms with E-state index in [0.717, 1.165) is 0 Å². The number of carbonyl (C=O) groups excluding carboxylic acids is 1. The lowest BCUT2D eigenvalue weighted by atomic mass is 10.3. The van der Waals surface area contributed by atoms with E-state index in [4.69, 9.17) is 17.3 Å². The fraction of sp³-hybridized carbons (Fsp3) is 0.300. The van der Waals surface area contributed by atoms with Crippen LogP contribution < -0.4 is 10.6 Å². The Hall–Kier alpha value is -1.13. The maximum Gasteiger partial charge on any atom is 0.243 e. The van der Waals surface area contributed by atoms with Gasteiger partial charge in [0.15, 0.2) is 0 Å². The van der Waals surface area contributed by atoms with Crippen molar-refractivity contribution in [1.29, 1.82) is 0 Å². The SMILES string of the molecule is NC1CCN(c2ccc(F)c(Cl)c2)C1=O. The van der Waals surface area contributed by atoms with Crippen LogP contribution in [0.15, 0.2) is 18.2 Å². The molecular weight excluding hydrogens is 219 g/mol. The molecule has 1 unspecified atom stereocenters. The summed E-state index contributed by atoms with van der Waals surface area (Å²) >= 11 is 5.63. The van der Waals surface area contributed by atoms with E-state index in [1.165, 1.54) is 23.1 Å². The smallest absolute Gasteiger partial charge is 0.243 e. The lowest BCUT2D eigenvalue weighted by molar-refractivity contribution is -0.118. The highest BCUT2D eigenvalue weighted by Gasteiger charge is 2.29. The summed E-state index contributed by atoms with van der Waals surface area (Å²) in [5.74, 6) is -0.631. The van der Waals surface area contributed by atoms with Crippen molar-refractivity contribution >= 4 is 23.2 Å². The van der Waals surface area contributed by atoms with Crippen LogP contribution in [0.25, 0.3) is 0 Å². The molecular formula is C10H10ClFN2O. The third-order valence-electron chi connectivity index (χ3n) is 2.46. The van der Waals surface area contributed by atoms with Gasteiger partial charge in [-0.1, -0.05) is 11.6 Å². The molecule has 1 aliphatic rings. The number of nitrogens with zero attached hydrogens (tertiary/aromatic N) is 1. The Morgan fingerprint density at radius 3 is 2.80 bits per heavy atom. The average molecular weight is 229 g/mol. The van der Waals surface area contributed by atoms with Crippen molar-refractivity contribution < 1.29 is 9.18 Å². The molecule has 0 radical (unpaired) electrons. The summed E-state index contributed by atoms with van der Waals surface area (Å²) in [5, 5.41) is 0.0146. The summed E-state index contributed by atoms with van der Waals surface area (Å²) in [6, 6.07) is 3.76. The highest BCUT2D eigenvalue weighted by Crippen LogP contribution is 2.25. The van der Waals surface area contributed by atoms with Gasteiger partial charge in [-0.3, -0.25) is 4.79 Å². The standard InChI is InChI=1S/C10H10ClFN2O/c11-7-5-6(1-2-8(7)12)14-4-3-9(13)10(14)15/h1-2,5,9H,3-4,13H2. The van der Waals surface area contributed by atoms with Crippen molar-refractivity contribution in [3.8, 4) is 0 Å². The first-order valence-corrected chi connectivity index (χ1v) is 4.99. The van der Waals surface area contributed by atoms with Crippen LogP contribution >= 0.6 is 11.6 Å². The van der Waals surface area contributed by atoms with Gasteiger partial charge in [0.2, 0.25) is 5.91 Å². The van der Waals surface area contributed by atoms with Crippen molar-refractivity contribution in [2.24, 2.45) is 5.73 Å². The number of anilines is 1. The molecule has 2 N–H and O–H groups in total. The lowest BCUT2D eigenvalue weighted by Gasteiger charge is -2.16. The van der Waals surface area contributed by atoms with Crippen molar-refractivity contribution in [2.45, 2.75) is 12.5 Å². The Morgan fingerprint density at radius 1 is 1.53 bits per heavy atom. The number of hydrogen-bond donors (Lipinski definition) is 1. The number of hydrogen-bond acceptors (Lipinski definition) is 2. The van der Waals surface area contributed by atoms with Crippen LogP contribution in [-0.2, 0) is 4.79 Å². The number of nitrogens with two attached hydrogens (primary N) is 1. The Morgan fingerprint density at radius 2 is 2.27 bits per heavy atom. The number of amides is 1. The molecule has 80 valence electrons. The molecule has 15 heavy (non-hydrogen) atoms. The predicted molar refractivity (Wildman–Crippen MR) is 56.4 cm³/mol. The first kappa shape index (κ1) is 10.4. The first-order chi connectivity index (χ1) is 7.09. The Labute approximate surface area is 91.6 Å². The minimum atomic E-state index is -0.489. The molecule has 1 heterocycles. The fourth-order valence-corrected chi connectivity index (χ4v) is 1.79. The van der Waals surface area contributed by atoms with Crippen LogP contribution in [-0.4, -0.2) is 18.5 Å². The zero-order valence-electron chi connectivity index (χ0n) is 7.91. The summed E-state index contributed by atoms with van der Waals surface area (Å²) in [5.41, 5.74) is 6.17. The summed E-state index contributed by atoms with van der Waals surface area (Å²) in [6.07, 6.45) is 0.619. The van der Waals surface area contributed by atoms with Crippen molar-refractivity contribution in [3.63, 3.8) is 0 Å². The number of rotatable bonds is 1. The van der Waals surface area contributed by atoms with Crippen molar-refractivity contribution in [1.82, 2.24) is 0 Å². The lowest BCUT2D eigenvalue weighted by Crippen LogP contribution is -2.33. The van der Waals surface area contributed by atoms with Gasteiger partial charge >= 0.3 is 0 Å². The molecule has 0 aromatic heterocycles. The Kier molecular flexibility index (Phi) is 2.63. The van der Waals surface area contributed by atoms with Crippen LogP contribution in [0.4, 0.5) is 10.1 Å². The van der Waals surface area contributed by atoms with Crippen LogP contribution in [0.3, 0.4) is 0 Å². The molecule has 1 fully saturated rings. The highest BCUT2D eigenvalue weighted by molar-refractivity contribution is 6.31. The molecule has 1 aromatic rings. The average Bonchev–Trinajstić information content (AvgIpc) is 2.53. The van der Waals surface area contributed by atoms with E-state index in [-0.39, 0.29) is 10.9 Å². The molecule has 1 amide bonds. The third-order valence-corrected chi connectivity index (χ3v) is 2.75. The highest BCUT2D eigenvalue weighted by atomic mass is 35.5. The fourth-order valence-electron chi connectivity index (χ4n) is 1.61. The molecule has 1 atom stereocenters. The molecule has 3 nitrogen and oxygen atoms in total. The van der Waals surface area contributed by atoms with Gasteiger partial charge in [-0.05, 0) is 24.6 Å². The van der Waals surface area contributed by atoms with Gasteiger partial charge in [0, 0.05) is 12.2 Å². The van der Waals surface area contributed by atoms with E-state index < -0.39 is 11.9 Å². The molecule has 0 aliphatic carbocycles. The summed E-state index contributed by atoms with van der Waals surface area (Å²) < 4.78 is 12.9. The second kappa shape index (κ2) is 3.79. The van der Waals surface area contributed by atoms with E-state index in [9.17, 15) is 9.18 Å². The van der Waals surface area contributed by atoms with Gasteiger partial charge in [0.25, 0.3) is 0 Å². The Bertz CT molecular complexity index is 410. The number of carbonyl (C=O) groups is 1. The Balaban J connectivity index is 2.31. The summed E-state index contributed by atoms with van der Waals surface area (Å²) in [4.78, 5) is 13.1. The summed E-state index contributed by atoms with van der Waals surface area (Å²) in [7, 11) is 0. The van der Waals surface area contributed by atoms with Crippen LogP contribution in [0.2, 0.25) is 5.02 Å². The number of benzene rings is 1. The van der Waals surface area contributed by atoms with Gasteiger partial charge in [-0.15, -0.1) is 0 Å². The van der Waals surface area contributed by atoms with E-state index in [1.807, 2.05) is 0 Å². The van der Waals surface area contributed by atoms with Gasteiger partial charge in [0.1, 0.15) is 5.82 Å². The van der Waals surface area contributed by atoms with Crippen molar-refractivity contribution in [3.05, 3.63) is 29.0 Å². The van der Waals surface area contributed by atoms with E-state index >= 15 is 0 Å². The molecule has 0 spiro atoms. The molecule has 0 bridgehead atoms. The molecule has 1 aliphatic heterocycles. The number of halogens is 2. The maximum atomic E-state index is 12.9. The second-order valence-corrected chi connectivity index (χ2v) is 3.89. The molecule has 5 heteroatoms. The van der Waals surface area contributed by atoms with E-state index in [1.54, 1.807) is 0 Å². The third kappa shape index (κ3) is 1.82. The molecule has 1 aromatic carbocycles. The van der Waals surface area contributed by atoms with Gasteiger partial charge in [-0.25, -0.2) is 4.39 Å². The molecule has 1 saturated heterocycles. The zero-order valence-corrected chi connectivity index (χ0v) is 8.67. The zero-order chi connectivity index (χ0) is 11.0. The second-order valence-electron chi connectivity index (χ2n) is 3.48. The van der Waals surface area contributed by atoms with Gasteiger partial charge in [0.05, 0.1) is 11.1 Å². The van der Waals surface area contributed by atoms with Crippen LogP contribution in [0, 0.1) is 5.82 Å². The normalized spacial score (nSPS) is 21.1. The maximum absolute atomic E-state index is 12.9. The monoisotopic (exact) mass is 228 g/mol.